The molecule has 1 aliphatic heterocycles. The molecule has 0 saturated heterocycles. The smallest absolute Gasteiger partial charge is 0.260 e. The number of ether oxygens (including phenoxy) is 2. The van der Waals surface area contributed by atoms with Crippen molar-refractivity contribution < 1.29 is 19.1 Å². The lowest BCUT2D eigenvalue weighted by Crippen LogP contribution is -2.38. The Kier molecular flexibility index (Phi) is 6.20. The van der Waals surface area contributed by atoms with Crippen molar-refractivity contribution in [3.63, 3.8) is 0 Å². The Morgan fingerprint density at radius 1 is 1.00 bits per heavy atom. The van der Waals surface area contributed by atoms with Gasteiger partial charge >= 0.3 is 0 Å². The first-order chi connectivity index (χ1) is 15.0. The molecule has 0 N–H and O–H groups in total. The standard InChI is InChI=1S/C23H25N3O4S/c1-4-25(5-2)10-11-26(22(28)17-8-6-16(7-9-17)15(3)27)23-24-18-12-19-20(30-14-29-19)13-21(18)31-23/h6-9,12-13H,4-5,10-11,14H2,1-3H3. The van der Waals surface area contributed by atoms with Crippen LogP contribution in [0.4, 0.5) is 5.13 Å². The van der Waals surface area contributed by atoms with Gasteiger partial charge in [-0.05, 0) is 32.1 Å². The SMILES string of the molecule is CCN(CC)CCN(C(=O)c1ccc(C(C)=O)cc1)c1nc2cc3c(cc2s1)OCO3. The maximum absolute atomic E-state index is 13.4. The molecule has 0 saturated carbocycles. The molecule has 0 spiro atoms. The van der Waals surface area contributed by atoms with Gasteiger partial charge in [0.15, 0.2) is 22.4 Å². The van der Waals surface area contributed by atoms with Crippen molar-refractivity contribution in [1.29, 1.82) is 0 Å². The first kappa shape index (κ1) is 21.3. The Balaban J connectivity index is 1.67. The zero-order valence-corrected chi connectivity index (χ0v) is 18.7. The topological polar surface area (TPSA) is 72.0 Å². The van der Waals surface area contributed by atoms with E-state index in [0.717, 1.165) is 29.9 Å². The van der Waals surface area contributed by atoms with Crippen LogP contribution in [0.15, 0.2) is 36.4 Å². The monoisotopic (exact) mass is 439 g/mol. The van der Waals surface area contributed by atoms with Gasteiger partial charge in [-0.25, -0.2) is 4.98 Å². The van der Waals surface area contributed by atoms with Gasteiger partial charge in [0.1, 0.15) is 0 Å². The number of hydrogen-bond donors (Lipinski definition) is 0. The molecule has 3 aromatic rings. The number of fused-ring (bicyclic) bond motifs is 2. The van der Waals surface area contributed by atoms with Crippen LogP contribution in [0.2, 0.25) is 0 Å². The largest absolute Gasteiger partial charge is 0.454 e. The fourth-order valence-corrected chi connectivity index (χ4v) is 4.49. The summed E-state index contributed by atoms with van der Waals surface area (Å²) < 4.78 is 11.9. The predicted octanol–water partition coefficient (Wildman–Crippen LogP) is 4.22. The van der Waals surface area contributed by atoms with Crippen LogP contribution in [0.1, 0.15) is 41.5 Å². The number of likely N-dealkylation sites (N-methyl/N-ethyl adjacent to an activating group) is 1. The quantitative estimate of drug-likeness (QED) is 0.490. The van der Waals surface area contributed by atoms with Crippen LogP contribution < -0.4 is 14.4 Å². The summed E-state index contributed by atoms with van der Waals surface area (Å²) in [5, 5.41) is 0.631. The molecule has 1 amide bonds. The third kappa shape index (κ3) is 4.40. The Morgan fingerprint density at radius 3 is 2.29 bits per heavy atom. The molecule has 0 radical (unpaired) electrons. The summed E-state index contributed by atoms with van der Waals surface area (Å²) in [6.45, 7) is 9.01. The van der Waals surface area contributed by atoms with Crippen molar-refractivity contribution in [2.75, 3.05) is 37.9 Å². The number of amides is 1. The number of Topliss-reactive ketones (excluding diaryl/α,β-unsaturated/α-hetero) is 1. The van der Waals surface area contributed by atoms with Gasteiger partial charge < -0.3 is 14.4 Å². The van der Waals surface area contributed by atoms with Crippen molar-refractivity contribution in [3.8, 4) is 11.5 Å². The number of anilines is 1. The van der Waals surface area contributed by atoms with E-state index in [4.69, 9.17) is 14.5 Å². The molecule has 0 unspecified atom stereocenters. The Morgan fingerprint density at radius 2 is 1.65 bits per heavy atom. The van der Waals surface area contributed by atoms with Crippen LogP contribution in [-0.4, -0.2) is 54.5 Å². The zero-order valence-electron chi connectivity index (χ0n) is 17.9. The minimum Gasteiger partial charge on any atom is -0.454 e. The molecule has 8 heteroatoms. The third-order valence-electron chi connectivity index (χ3n) is 5.42. The van der Waals surface area contributed by atoms with E-state index in [1.165, 1.54) is 18.3 Å². The van der Waals surface area contributed by atoms with Crippen LogP contribution in [0.25, 0.3) is 10.2 Å². The van der Waals surface area contributed by atoms with Crippen LogP contribution in [0.5, 0.6) is 11.5 Å². The van der Waals surface area contributed by atoms with Gasteiger partial charge in [0, 0.05) is 36.3 Å². The van der Waals surface area contributed by atoms with E-state index in [2.05, 4.69) is 18.7 Å². The number of aromatic nitrogens is 1. The molecule has 2 heterocycles. The lowest BCUT2D eigenvalue weighted by atomic mass is 10.1. The number of carbonyl (C=O) groups excluding carboxylic acids is 2. The number of ketones is 1. The highest BCUT2D eigenvalue weighted by Crippen LogP contribution is 2.40. The maximum atomic E-state index is 13.4. The maximum Gasteiger partial charge on any atom is 0.260 e. The Hall–Kier alpha value is -2.97. The summed E-state index contributed by atoms with van der Waals surface area (Å²) in [5.74, 6) is 1.20. The number of nitrogens with zero attached hydrogens (tertiary/aromatic N) is 3. The van der Waals surface area contributed by atoms with Gasteiger partial charge in [0.05, 0.1) is 10.2 Å². The van der Waals surface area contributed by atoms with E-state index in [1.54, 1.807) is 29.2 Å². The molecular formula is C23H25N3O4S. The van der Waals surface area contributed by atoms with Gasteiger partial charge in [-0.2, -0.15) is 0 Å². The molecule has 4 rings (SSSR count). The number of benzene rings is 2. The second-order valence-corrected chi connectivity index (χ2v) is 8.30. The van der Waals surface area contributed by atoms with Crippen molar-refractivity contribution in [2.45, 2.75) is 20.8 Å². The first-order valence-electron chi connectivity index (χ1n) is 10.4. The van der Waals surface area contributed by atoms with E-state index in [9.17, 15) is 9.59 Å². The Labute approximate surface area is 185 Å². The molecule has 31 heavy (non-hydrogen) atoms. The van der Waals surface area contributed by atoms with Crippen LogP contribution in [0, 0.1) is 0 Å². The predicted molar refractivity (Wildman–Crippen MR) is 122 cm³/mol. The molecule has 0 bridgehead atoms. The van der Waals surface area contributed by atoms with E-state index in [1.807, 2.05) is 12.1 Å². The van der Waals surface area contributed by atoms with Crippen LogP contribution >= 0.6 is 11.3 Å². The average Bonchev–Trinajstić information content (AvgIpc) is 3.40. The highest BCUT2D eigenvalue weighted by Gasteiger charge is 2.24. The van der Waals surface area contributed by atoms with E-state index in [-0.39, 0.29) is 18.5 Å². The summed E-state index contributed by atoms with van der Waals surface area (Å²) in [6, 6.07) is 10.5. The molecule has 0 aliphatic carbocycles. The first-order valence-corrected chi connectivity index (χ1v) is 11.2. The number of rotatable bonds is 8. The number of carbonyl (C=O) groups is 2. The van der Waals surface area contributed by atoms with E-state index < -0.39 is 0 Å². The van der Waals surface area contributed by atoms with Gasteiger partial charge in [0.25, 0.3) is 5.91 Å². The second-order valence-electron chi connectivity index (χ2n) is 7.29. The zero-order chi connectivity index (χ0) is 22.0. The summed E-state index contributed by atoms with van der Waals surface area (Å²) in [5.41, 5.74) is 1.88. The lowest BCUT2D eigenvalue weighted by molar-refractivity contribution is 0.0980. The highest BCUT2D eigenvalue weighted by molar-refractivity contribution is 7.22. The van der Waals surface area contributed by atoms with Crippen molar-refractivity contribution >= 4 is 38.4 Å². The number of hydrogen-bond acceptors (Lipinski definition) is 7. The van der Waals surface area contributed by atoms with Gasteiger partial charge in [-0.1, -0.05) is 37.3 Å². The normalized spacial score (nSPS) is 12.5. The van der Waals surface area contributed by atoms with Gasteiger partial charge in [-0.15, -0.1) is 0 Å². The van der Waals surface area contributed by atoms with E-state index in [0.29, 0.717) is 34.3 Å². The molecule has 0 fully saturated rings. The van der Waals surface area contributed by atoms with Crippen molar-refractivity contribution in [2.24, 2.45) is 0 Å². The minimum atomic E-state index is -0.138. The molecular weight excluding hydrogens is 414 g/mol. The van der Waals surface area contributed by atoms with Crippen LogP contribution in [0.3, 0.4) is 0 Å². The van der Waals surface area contributed by atoms with Gasteiger partial charge in [0.2, 0.25) is 6.79 Å². The molecule has 7 nitrogen and oxygen atoms in total. The van der Waals surface area contributed by atoms with Crippen molar-refractivity contribution in [1.82, 2.24) is 9.88 Å². The molecule has 0 atom stereocenters. The fraction of sp³-hybridized carbons (Fsp3) is 0.348. The fourth-order valence-electron chi connectivity index (χ4n) is 3.49. The average molecular weight is 440 g/mol. The molecule has 1 aliphatic rings. The van der Waals surface area contributed by atoms with E-state index >= 15 is 0 Å². The third-order valence-corrected chi connectivity index (χ3v) is 6.46. The molecule has 162 valence electrons. The minimum absolute atomic E-state index is 0.0268. The lowest BCUT2D eigenvalue weighted by Gasteiger charge is -2.24. The van der Waals surface area contributed by atoms with Crippen LogP contribution in [-0.2, 0) is 0 Å². The van der Waals surface area contributed by atoms with Crippen molar-refractivity contribution in [3.05, 3.63) is 47.5 Å². The Bertz CT molecular complexity index is 1060. The van der Waals surface area contributed by atoms with Gasteiger partial charge in [-0.3, -0.25) is 14.5 Å². The summed E-state index contributed by atoms with van der Waals surface area (Å²) in [4.78, 5) is 33.7. The highest BCUT2D eigenvalue weighted by atomic mass is 32.1. The molecule has 1 aromatic heterocycles. The summed E-state index contributed by atoms with van der Waals surface area (Å²) in [6.07, 6.45) is 0. The summed E-state index contributed by atoms with van der Waals surface area (Å²) in [7, 11) is 0. The second kappa shape index (κ2) is 9.03. The number of thiazole rings is 1. The molecule has 2 aromatic carbocycles. The summed E-state index contributed by atoms with van der Waals surface area (Å²) >= 11 is 1.46.